The Morgan fingerprint density at radius 2 is 2.05 bits per heavy atom. The fraction of sp³-hybridized carbons (Fsp3) is 0.667. The van der Waals surface area contributed by atoms with Gasteiger partial charge in [0.2, 0.25) is 15.9 Å². The van der Waals surface area contributed by atoms with E-state index >= 15 is 0 Å². The van der Waals surface area contributed by atoms with Crippen molar-refractivity contribution in [2.75, 3.05) is 13.1 Å². The normalized spacial score (nSPS) is 18.7. The topological polar surface area (TPSA) is 72.4 Å². The molecular weight excluding hydrogens is 266 g/mol. The predicted molar refractivity (Wildman–Crippen MR) is 71.3 cm³/mol. The molecule has 0 amide bonds. The van der Waals surface area contributed by atoms with Crippen molar-refractivity contribution in [3.05, 3.63) is 18.6 Å². The number of ether oxygens (including phenoxy) is 1. The number of piperidine rings is 1. The quantitative estimate of drug-likeness (QED) is 0.827. The number of nitrogens with zero attached hydrogens (tertiary/aromatic N) is 3. The second-order valence-electron chi connectivity index (χ2n) is 4.86. The van der Waals surface area contributed by atoms with Gasteiger partial charge in [-0.3, -0.25) is 0 Å². The molecule has 2 rings (SSSR count). The van der Waals surface area contributed by atoms with Gasteiger partial charge >= 0.3 is 0 Å². The van der Waals surface area contributed by atoms with Crippen LogP contribution in [0.1, 0.15) is 26.7 Å². The van der Waals surface area contributed by atoms with Crippen LogP contribution in [0, 0.1) is 0 Å². The Morgan fingerprint density at radius 3 is 2.58 bits per heavy atom. The van der Waals surface area contributed by atoms with E-state index < -0.39 is 10.0 Å². The lowest BCUT2D eigenvalue weighted by Crippen LogP contribution is -2.44. The average molecular weight is 285 g/mol. The Kier molecular flexibility index (Phi) is 4.36. The Morgan fingerprint density at radius 1 is 1.37 bits per heavy atom. The number of hydrogen-bond acceptors (Lipinski definition) is 5. The first-order chi connectivity index (χ1) is 9.00. The third-order valence-corrected chi connectivity index (χ3v) is 5.48. The van der Waals surface area contributed by atoms with Crippen LogP contribution in [0.2, 0.25) is 0 Å². The zero-order chi connectivity index (χ0) is 13.9. The fourth-order valence-corrected chi connectivity index (χ4v) is 3.34. The average Bonchev–Trinajstić information content (AvgIpc) is 2.40. The maximum atomic E-state index is 12.0. The van der Waals surface area contributed by atoms with E-state index in [1.165, 1.54) is 6.33 Å². The van der Waals surface area contributed by atoms with Gasteiger partial charge in [-0.05, 0) is 26.7 Å². The largest absolute Gasteiger partial charge is 0.474 e. The van der Waals surface area contributed by atoms with Crippen LogP contribution in [0.4, 0.5) is 0 Å². The van der Waals surface area contributed by atoms with Crippen molar-refractivity contribution >= 4 is 10.0 Å². The third kappa shape index (κ3) is 3.42. The minimum absolute atomic E-state index is 0.0218. The Labute approximate surface area is 113 Å². The highest BCUT2D eigenvalue weighted by Gasteiger charge is 2.30. The first-order valence-corrected chi connectivity index (χ1v) is 7.92. The van der Waals surface area contributed by atoms with Crippen molar-refractivity contribution in [2.24, 2.45) is 0 Å². The molecule has 2 heterocycles. The highest BCUT2D eigenvalue weighted by atomic mass is 32.2. The second kappa shape index (κ2) is 5.83. The summed E-state index contributed by atoms with van der Waals surface area (Å²) in [6.07, 6.45) is 4.47. The molecule has 1 saturated heterocycles. The van der Waals surface area contributed by atoms with Crippen LogP contribution in [-0.2, 0) is 10.0 Å². The van der Waals surface area contributed by atoms with Crippen LogP contribution >= 0.6 is 0 Å². The van der Waals surface area contributed by atoms with E-state index in [-0.39, 0.29) is 11.4 Å². The Bertz CT molecular complexity index is 496. The number of aromatic nitrogens is 2. The summed E-state index contributed by atoms with van der Waals surface area (Å²) in [6.45, 7) is 4.43. The molecule has 19 heavy (non-hydrogen) atoms. The summed E-state index contributed by atoms with van der Waals surface area (Å²) >= 11 is 0. The molecule has 0 saturated carbocycles. The Balaban J connectivity index is 1.90. The lowest BCUT2D eigenvalue weighted by atomic mass is 10.1. The highest BCUT2D eigenvalue weighted by Crippen LogP contribution is 2.20. The first-order valence-electron chi connectivity index (χ1n) is 6.42. The zero-order valence-corrected chi connectivity index (χ0v) is 12.0. The number of rotatable bonds is 4. The summed E-state index contributed by atoms with van der Waals surface area (Å²) in [7, 11) is -3.14. The summed E-state index contributed by atoms with van der Waals surface area (Å²) in [4.78, 5) is 7.83. The maximum Gasteiger partial charge on any atom is 0.216 e. The molecule has 0 spiro atoms. The summed E-state index contributed by atoms with van der Waals surface area (Å²) in [5.74, 6) is 0.542. The summed E-state index contributed by atoms with van der Waals surface area (Å²) in [5.41, 5.74) is 0. The molecular formula is C12H19N3O3S. The van der Waals surface area contributed by atoms with E-state index in [2.05, 4.69) is 9.97 Å². The molecule has 7 heteroatoms. The number of sulfonamides is 1. The summed E-state index contributed by atoms with van der Waals surface area (Å²) in [5, 5.41) is -0.369. The van der Waals surface area contributed by atoms with Crippen LogP contribution in [0.15, 0.2) is 18.6 Å². The minimum Gasteiger partial charge on any atom is -0.474 e. The number of hydrogen-bond donors (Lipinski definition) is 0. The van der Waals surface area contributed by atoms with Crippen LogP contribution in [0.3, 0.4) is 0 Å². The van der Waals surface area contributed by atoms with Crippen molar-refractivity contribution in [3.63, 3.8) is 0 Å². The van der Waals surface area contributed by atoms with E-state index in [0.29, 0.717) is 31.8 Å². The molecule has 1 aromatic heterocycles. The summed E-state index contributed by atoms with van der Waals surface area (Å²) in [6, 6.07) is 1.71. The van der Waals surface area contributed by atoms with Gasteiger partial charge in [0.1, 0.15) is 12.4 Å². The van der Waals surface area contributed by atoms with Gasteiger partial charge in [0.05, 0.1) is 5.25 Å². The van der Waals surface area contributed by atoms with Gasteiger partial charge in [-0.2, -0.15) is 0 Å². The molecule has 0 aliphatic carbocycles. The smallest absolute Gasteiger partial charge is 0.216 e. The molecule has 0 radical (unpaired) electrons. The van der Waals surface area contributed by atoms with Crippen molar-refractivity contribution in [1.29, 1.82) is 0 Å². The van der Waals surface area contributed by atoms with Crippen LogP contribution in [0.25, 0.3) is 0 Å². The lowest BCUT2D eigenvalue weighted by molar-refractivity contribution is 0.129. The van der Waals surface area contributed by atoms with Gasteiger partial charge in [-0.1, -0.05) is 0 Å². The molecule has 1 aliphatic heterocycles. The molecule has 1 aliphatic rings. The predicted octanol–water partition coefficient (Wildman–Crippen LogP) is 1.06. The van der Waals surface area contributed by atoms with Gasteiger partial charge in [-0.25, -0.2) is 22.7 Å². The molecule has 0 unspecified atom stereocenters. The van der Waals surface area contributed by atoms with E-state index in [4.69, 9.17) is 4.74 Å². The van der Waals surface area contributed by atoms with Crippen LogP contribution in [-0.4, -0.2) is 47.1 Å². The zero-order valence-electron chi connectivity index (χ0n) is 11.2. The second-order valence-corrected chi connectivity index (χ2v) is 7.35. The van der Waals surface area contributed by atoms with Gasteiger partial charge < -0.3 is 4.74 Å². The molecule has 0 bridgehead atoms. The van der Waals surface area contributed by atoms with Crippen molar-refractivity contribution in [1.82, 2.24) is 14.3 Å². The Hall–Kier alpha value is -1.21. The third-order valence-electron chi connectivity index (χ3n) is 3.20. The lowest BCUT2D eigenvalue weighted by Gasteiger charge is -2.32. The fourth-order valence-electron chi connectivity index (χ4n) is 2.02. The minimum atomic E-state index is -3.14. The van der Waals surface area contributed by atoms with Crippen LogP contribution in [0.5, 0.6) is 5.88 Å². The molecule has 0 aromatic carbocycles. The van der Waals surface area contributed by atoms with E-state index in [9.17, 15) is 8.42 Å². The van der Waals surface area contributed by atoms with E-state index in [1.807, 2.05) is 0 Å². The highest BCUT2D eigenvalue weighted by molar-refractivity contribution is 7.89. The maximum absolute atomic E-state index is 12.0. The summed E-state index contributed by atoms with van der Waals surface area (Å²) < 4.78 is 31.3. The SMILES string of the molecule is CC(C)S(=O)(=O)N1CCC(Oc2ccncn2)CC1. The first kappa shape index (κ1) is 14.2. The molecule has 1 aromatic rings. The molecule has 1 fully saturated rings. The van der Waals surface area contributed by atoms with Gasteiger partial charge in [0, 0.05) is 25.4 Å². The molecule has 0 N–H and O–H groups in total. The van der Waals surface area contributed by atoms with Crippen molar-refractivity contribution in [2.45, 2.75) is 38.0 Å². The van der Waals surface area contributed by atoms with E-state index in [0.717, 1.165) is 0 Å². The van der Waals surface area contributed by atoms with Crippen molar-refractivity contribution in [3.8, 4) is 5.88 Å². The van der Waals surface area contributed by atoms with Gasteiger partial charge in [0.15, 0.2) is 0 Å². The van der Waals surface area contributed by atoms with E-state index in [1.54, 1.807) is 30.4 Å². The van der Waals surface area contributed by atoms with Crippen LogP contribution < -0.4 is 4.74 Å². The molecule has 0 atom stereocenters. The standard InChI is InChI=1S/C12H19N3O3S/c1-10(2)19(16,17)15-7-4-11(5-8-15)18-12-3-6-13-9-14-12/h3,6,9-11H,4-5,7-8H2,1-2H3. The molecule has 106 valence electrons. The van der Waals surface area contributed by atoms with Crippen molar-refractivity contribution < 1.29 is 13.2 Å². The monoisotopic (exact) mass is 285 g/mol. The van der Waals surface area contributed by atoms with Gasteiger partial charge in [-0.15, -0.1) is 0 Å². The molecule has 6 nitrogen and oxygen atoms in total. The van der Waals surface area contributed by atoms with Gasteiger partial charge in [0.25, 0.3) is 0 Å².